The summed E-state index contributed by atoms with van der Waals surface area (Å²) in [5.41, 5.74) is 3.91. The number of halogens is 1. The van der Waals surface area contributed by atoms with Crippen LogP contribution in [0.15, 0.2) is 78.0 Å². The quantitative estimate of drug-likeness (QED) is 0.356. The highest BCUT2D eigenvalue weighted by Crippen LogP contribution is 2.29. The summed E-state index contributed by atoms with van der Waals surface area (Å²) in [6, 6.07) is 22.2. The molecule has 0 unspecified atom stereocenters. The number of hydrogen-bond donors (Lipinski definition) is 2. The zero-order chi connectivity index (χ0) is 24.1. The lowest BCUT2D eigenvalue weighted by Gasteiger charge is -2.11. The molecule has 0 radical (unpaired) electrons. The summed E-state index contributed by atoms with van der Waals surface area (Å²) < 4.78 is 1.92. The lowest BCUT2D eigenvalue weighted by atomic mass is 10.2. The van der Waals surface area contributed by atoms with E-state index in [1.54, 1.807) is 43.4 Å². The van der Waals surface area contributed by atoms with Gasteiger partial charge < -0.3 is 10.6 Å². The summed E-state index contributed by atoms with van der Waals surface area (Å²) in [6.07, 6.45) is 0. The van der Waals surface area contributed by atoms with E-state index in [9.17, 15) is 9.59 Å². The van der Waals surface area contributed by atoms with Crippen molar-refractivity contribution in [3.63, 3.8) is 0 Å². The van der Waals surface area contributed by atoms with Crippen LogP contribution in [0.5, 0.6) is 0 Å². The van der Waals surface area contributed by atoms with Gasteiger partial charge in [-0.3, -0.25) is 14.2 Å². The molecule has 34 heavy (non-hydrogen) atoms. The van der Waals surface area contributed by atoms with Crippen LogP contribution in [0.25, 0.3) is 17.1 Å². The lowest BCUT2D eigenvalue weighted by Crippen LogP contribution is -2.19. The van der Waals surface area contributed by atoms with Crippen molar-refractivity contribution in [1.29, 1.82) is 0 Å². The SMILES string of the molecule is CNC(=O)c1cccc(NC(=O)CSc2nnc(-c3ccc(Cl)cc3)n2-c2ccc(C)cc2)c1. The van der Waals surface area contributed by atoms with Crippen molar-refractivity contribution in [3.8, 4) is 17.1 Å². The number of nitrogens with zero attached hydrogens (tertiary/aromatic N) is 3. The zero-order valence-corrected chi connectivity index (χ0v) is 20.2. The summed E-state index contributed by atoms with van der Waals surface area (Å²) >= 11 is 7.33. The normalized spacial score (nSPS) is 10.7. The minimum absolute atomic E-state index is 0.120. The molecule has 172 valence electrons. The van der Waals surface area contributed by atoms with Crippen LogP contribution in [0.1, 0.15) is 15.9 Å². The van der Waals surface area contributed by atoms with Crippen LogP contribution in [0.4, 0.5) is 5.69 Å². The monoisotopic (exact) mass is 491 g/mol. The number of amides is 2. The first kappa shape index (κ1) is 23.5. The Morgan fingerprint density at radius 2 is 1.74 bits per heavy atom. The van der Waals surface area contributed by atoms with Crippen LogP contribution in [-0.4, -0.2) is 39.4 Å². The highest BCUT2D eigenvalue weighted by Gasteiger charge is 2.17. The molecule has 0 bridgehead atoms. The first-order valence-electron chi connectivity index (χ1n) is 10.5. The van der Waals surface area contributed by atoms with Gasteiger partial charge in [0.25, 0.3) is 5.91 Å². The van der Waals surface area contributed by atoms with Gasteiger partial charge in [0.05, 0.1) is 5.75 Å². The van der Waals surface area contributed by atoms with Gasteiger partial charge in [-0.05, 0) is 61.5 Å². The summed E-state index contributed by atoms with van der Waals surface area (Å²) in [5.74, 6) is 0.341. The van der Waals surface area contributed by atoms with E-state index in [-0.39, 0.29) is 17.6 Å². The third kappa shape index (κ3) is 5.47. The molecule has 2 N–H and O–H groups in total. The fourth-order valence-electron chi connectivity index (χ4n) is 3.29. The molecule has 7 nitrogen and oxygen atoms in total. The van der Waals surface area contributed by atoms with E-state index in [4.69, 9.17) is 11.6 Å². The molecule has 9 heteroatoms. The van der Waals surface area contributed by atoms with Gasteiger partial charge in [-0.2, -0.15) is 0 Å². The summed E-state index contributed by atoms with van der Waals surface area (Å²) in [7, 11) is 1.56. The molecule has 0 aliphatic rings. The van der Waals surface area contributed by atoms with Crippen molar-refractivity contribution in [3.05, 3.63) is 88.9 Å². The summed E-state index contributed by atoms with van der Waals surface area (Å²) in [5, 5.41) is 15.4. The van der Waals surface area contributed by atoms with E-state index in [2.05, 4.69) is 20.8 Å². The number of carbonyl (C=O) groups is 2. The predicted octanol–water partition coefficient (Wildman–Crippen LogP) is 4.99. The van der Waals surface area contributed by atoms with Crippen LogP contribution in [-0.2, 0) is 4.79 Å². The molecule has 4 aromatic rings. The summed E-state index contributed by atoms with van der Waals surface area (Å²) in [4.78, 5) is 24.5. The Labute approximate surface area is 206 Å². The first-order chi connectivity index (χ1) is 16.4. The minimum atomic E-state index is -0.217. The van der Waals surface area contributed by atoms with Gasteiger partial charge in [-0.15, -0.1) is 10.2 Å². The first-order valence-corrected chi connectivity index (χ1v) is 11.8. The minimum Gasteiger partial charge on any atom is -0.355 e. The second kappa shape index (κ2) is 10.5. The number of nitrogens with one attached hydrogen (secondary N) is 2. The molecule has 0 spiro atoms. The van der Waals surface area contributed by atoms with Crippen molar-refractivity contribution in [2.45, 2.75) is 12.1 Å². The van der Waals surface area contributed by atoms with Crippen molar-refractivity contribution >= 4 is 40.9 Å². The van der Waals surface area contributed by atoms with Crippen molar-refractivity contribution in [2.75, 3.05) is 18.1 Å². The third-order valence-electron chi connectivity index (χ3n) is 5.00. The number of thioether (sulfide) groups is 1. The maximum Gasteiger partial charge on any atom is 0.251 e. The molecule has 0 aliphatic heterocycles. The molecule has 0 saturated carbocycles. The standard InChI is InChI=1S/C25H22ClN5O2S/c1-16-6-12-21(13-7-16)31-23(17-8-10-19(26)11-9-17)29-30-25(31)34-15-22(32)28-20-5-3-4-18(14-20)24(33)27-2/h3-14H,15H2,1-2H3,(H,27,33)(H,28,32). The molecule has 0 saturated heterocycles. The van der Waals surface area contributed by atoms with Gasteiger partial charge in [0.15, 0.2) is 11.0 Å². The highest BCUT2D eigenvalue weighted by atomic mass is 35.5. The molecular weight excluding hydrogens is 470 g/mol. The van der Waals surface area contributed by atoms with Gasteiger partial charge >= 0.3 is 0 Å². The Kier molecular flexibility index (Phi) is 7.30. The number of anilines is 1. The highest BCUT2D eigenvalue weighted by molar-refractivity contribution is 7.99. The Hall–Kier alpha value is -3.62. The molecule has 1 heterocycles. The van der Waals surface area contributed by atoms with Crippen molar-refractivity contribution < 1.29 is 9.59 Å². The molecule has 2 amide bonds. The van der Waals surface area contributed by atoms with E-state index in [0.29, 0.717) is 27.3 Å². The predicted molar refractivity (Wildman–Crippen MR) is 136 cm³/mol. The Balaban J connectivity index is 1.56. The summed E-state index contributed by atoms with van der Waals surface area (Å²) in [6.45, 7) is 2.02. The Morgan fingerprint density at radius 3 is 2.44 bits per heavy atom. The largest absolute Gasteiger partial charge is 0.355 e. The lowest BCUT2D eigenvalue weighted by molar-refractivity contribution is -0.113. The van der Waals surface area contributed by atoms with E-state index < -0.39 is 0 Å². The van der Waals surface area contributed by atoms with Crippen LogP contribution < -0.4 is 10.6 Å². The number of benzene rings is 3. The molecule has 3 aromatic carbocycles. The molecule has 0 fully saturated rings. The Bertz CT molecular complexity index is 1320. The number of aryl methyl sites for hydroxylation is 1. The van der Waals surface area contributed by atoms with Gasteiger partial charge in [0.2, 0.25) is 5.91 Å². The third-order valence-corrected chi connectivity index (χ3v) is 6.18. The number of carbonyl (C=O) groups excluding carboxylic acids is 2. The molecule has 0 aliphatic carbocycles. The maximum absolute atomic E-state index is 12.6. The van der Waals surface area contributed by atoms with Gasteiger partial charge in [-0.25, -0.2) is 0 Å². The smallest absolute Gasteiger partial charge is 0.251 e. The molecule has 4 rings (SSSR count). The van der Waals surface area contributed by atoms with Gasteiger partial charge in [0.1, 0.15) is 0 Å². The van der Waals surface area contributed by atoms with E-state index in [1.165, 1.54) is 11.8 Å². The topological polar surface area (TPSA) is 88.9 Å². The molecular formula is C25H22ClN5O2S. The van der Waals surface area contributed by atoms with Crippen molar-refractivity contribution in [2.24, 2.45) is 0 Å². The van der Waals surface area contributed by atoms with Crippen LogP contribution in [0, 0.1) is 6.92 Å². The van der Waals surface area contributed by atoms with E-state index in [0.717, 1.165) is 16.8 Å². The average molecular weight is 492 g/mol. The fraction of sp³-hybridized carbons (Fsp3) is 0.120. The zero-order valence-electron chi connectivity index (χ0n) is 18.6. The Morgan fingerprint density at radius 1 is 1.00 bits per heavy atom. The van der Waals surface area contributed by atoms with Crippen LogP contribution in [0.3, 0.4) is 0 Å². The van der Waals surface area contributed by atoms with Gasteiger partial charge in [0, 0.05) is 34.6 Å². The van der Waals surface area contributed by atoms with Gasteiger partial charge in [-0.1, -0.05) is 47.1 Å². The number of aromatic nitrogens is 3. The fourth-order valence-corrected chi connectivity index (χ4v) is 4.16. The second-order valence-electron chi connectivity index (χ2n) is 7.48. The van der Waals surface area contributed by atoms with Crippen LogP contribution in [0.2, 0.25) is 5.02 Å². The molecule has 1 aromatic heterocycles. The number of hydrogen-bond acceptors (Lipinski definition) is 5. The average Bonchev–Trinajstić information content (AvgIpc) is 3.27. The molecule has 0 atom stereocenters. The van der Waals surface area contributed by atoms with Crippen LogP contribution >= 0.6 is 23.4 Å². The number of rotatable bonds is 7. The second-order valence-corrected chi connectivity index (χ2v) is 8.86. The van der Waals surface area contributed by atoms with E-state index >= 15 is 0 Å². The van der Waals surface area contributed by atoms with Crippen molar-refractivity contribution in [1.82, 2.24) is 20.1 Å². The maximum atomic E-state index is 12.6. The van der Waals surface area contributed by atoms with E-state index in [1.807, 2.05) is 47.9 Å².